The molecule has 0 aromatic rings. The summed E-state index contributed by atoms with van der Waals surface area (Å²) in [5, 5.41) is 0. The highest BCUT2D eigenvalue weighted by atomic mass is 16.6. The van der Waals surface area contributed by atoms with Crippen LogP contribution >= 0.6 is 0 Å². The number of ether oxygens (including phenoxy) is 3. The quantitative estimate of drug-likeness (QED) is 0.0266. The molecule has 0 saturated heterocycles. The van der Waals surface area contributed by atoms with Crippen LogP contribution in [0.3, 0.4) is 0 Å². The first-order valence-electron chi connectivity index (χ1n) is 23.1. The van der Waals surface area contributed by atoms with E-state index in [1.807, 2.05) is 0 Å². The van der Waals surface area contributed by atoms with Gasteiger partial charge in [-0.3, -0.25) is 14.4 Å². The Bertz CT molecular complexity index is 1140. The van der Waals surface area contributed by atoms with E-state index >= 15 is 0 Å². The van der Waals surface area contributed by atoms with Crippen molar-refractivity contribution < 1.29 is 28.6 Å². The molecule has 0 radical (unpaired) electrons. The van der Waals surface area contributed by atoms with E-state index in [0.717, 1.165) is 128 Å². The van der Waals surface area contributed by atoms with Gasteiger partial charge in [0.1, 0.15) is 13.2 Å². The van der Waals surface area contributed by atoms with Crippen molar-refractivity contribution in [3.63, 3.8) is 0 Å². The lowest BCUT2D eigenvalue weighted by atomic mass is 10.1. The first-order chi connectivity index (χ1) is 28.0. The SMILES string of the molecule is CC/C=C\C/C=C\C/C=C\C/C=C\C/C=C\C/C=C\CCCCCCC(=O)OCC(COC(=O)CCCCCCC)OC(=O)CCCCCCC/C=C\CCCC. The smallest absolute Gasteiger partial charge is 0.306 e. The Hall–Kier alpha value is -3.41. The first kappa shape index (κ1) is 53.6. The second kappa shape index (κ2) is 45.3. The largest absolute Gasteiger partial charge is 0.462 e. The molecule has 0 bridgehead atoms. The van der Waals surface area contributed by atoms with Crippen molar-refractivity contribution >= 4 is 17.9 Å². The average molecular weight is 793 g/mol. The Kier molecular flexibility index (Phi) is 42.6. The number of hydrogen-bond donors (Lipinski definition) is 0. The van der Waals surface area contributed by atoms with Crippen molar-refractivity contribution in [2.24, 2.45) is 0 Å². The zero-order valence-electron chi connectivity index (χ0n) is 36.8. The summed E-state index contributed by atoms with van der Waals surface area (Å²) in [6.07, 6.45) is 57.4. The molecule has 0 fully saturated rings. The van der Waals surface area contributed by atoms with Crippen LogP contribution in [0.4, 0.5) is 0 Å². The van der Waals surface area contributed by atoms with Crippen LogP contribution in [0.25, 0.3) is 0 Å². The minimum Gasteiger partial charge on any atom is -0.462 e. The van der Waals surface area contributed by atoms with Crippen molar-refractivity contribution in [2.45, 2.75) is 207 Å². The predicted molar refractivity (Wildman–Crippen MR) is 242 cm³/mol. The van der Waals surface area contributed by atoms with E-state index in [-0.39, 0.29) is 31.1 Å². The van der Waals surface area contributed by atoms with Crippen LogP contribution in [-0.2, 0) is 28.6 Å². The lowest BCUT2D eigenvalue weighted by Crippen LogP contribution is -2.30. The van der Waals surface area contributed by atoms with Gasteiger partial charge in [0.25, 0.3) is 0 Å². The number of unbranched alkanes of at least 4 members (excludes halogenated alkanes) is 15. The fourth-order valence-corrected chi connectivity index (χ4v) is 5.89. The summed E-state index contributed by atoms with van der Waals surface area (Å²) in [7, 11) is 0. The minimum absolute atomic E-state index is 0.0901. The van der Waals surface area contributed by atoms with E-state index < -0.39 is 6.10 Å². The number of allylic oxidation sites excluding steroid dienone is 14. The molecule has 324 valence electrons. The molecular weight excluding hydrogens is 709 g/mol. The third-order valence-electron chi connectivity index (χ3n) is 9.38. The molecule has 1 unspecified atom stereocenters. The molecule has 0 N–H and O–H groups in total. The van der Waals surface area contributed by atoms with Crippen molar-refractivity contribution in [3.05, 3.63) is 85.1 Å². The Morgan fingerprint density at radius 2 is 0.702 bits per heavy atom. The van der Waals surface area contributed by atoms with E-state index in [0.29, 0.717) is 19.3 Å². The summed E-state index contributed by atoms with van der Waals surface area (Å²) in [6.45, 7) is 6.34. The number of hydrogen-bond acceptors (Lipinski definition) is 6. The Morgan fingerprint density at radius 3 is 1.14 bits per heavy atom. The number of carbonyl (C=O) groups excluding carboxylic acids is 3. The van der Waals surface area contributed by atoms with E-state index in [2.05, 4.69) is 106 Å². The molecular formula is C51H84O6. The first-order valence-corrected chi connectivity index (χ1v) is 23.1. The van der Waals surface area contributed by atoms with Crippen LogP contribution < -0.4 is 0 Å². The monoisotopic (exact) mass is 793 g/mol. The standard InChI is InChI=1S/C51H84O6/c1-4-7-10-13-15-17-19-20-21-22-23-24-25-26-27-28-29-30-32-33-35-38-41-44-50(53)56-47-48(46-55-49(52)43-40-37-12-9-6-3)57-51(54)45-42-39-36-34-31-18-16-14-11-8-5-2/h7,10,14-17,20-21,23-24,26-27,29-30,48H,4-6,8-9,11-13,18-19,22,25,28,31-47H2,1-3H3/b10-7-,16-14-,17-15-,21-20-,24-23-,27-26-,30-29-. The second-order valence-corrected chi connectivity index (χ2v) is 14.9. The molecule has 0 aliphatic rings. The van der Waals surface area contributed by atoms with Gasteiger partial charge in [-0.15, -0.1) is 0 Å². The van der Waals surface area contributed by atoms with E-state index in [9.17, 15) is 14.4 Å². The lowest BCUT2D eigenvalue weighted by Gasteiger charge is -2.18. The molecule has 6 heteroatoms. The van der Waals surface area contributed by atoms with Crippen LogP contribution in [0.15, 0.2) is 85.1 Å². The summed E-state index contributed by atoms with van der Waals surface area (Å²) in [5.74, 6) is -0.948. The molecule has 6 nitrogen and oxygen atoms in total. The Morgan fingerprint density at radius 1 is 0.368 bits per heavy atom. The molecule has 0 spiro atoms. The normalized spacial score (nSPS) is 12.8. The van der Waals surface area contributed by atoms with Gasteiger partial charge in [0.05, 0.1) is 0 Å². The van der Waals surface area contributed by atoms with E-state index in [1.54, 1.807) is 0 Å². The van der Waals surface area contributed by atoms with Gasteiger partial charge in [-0.05, 0) is 89.9 Å². The van der Waals surface area contributed by atoms with Gasteiger partial charge in [0.2, 0.25) is 0 Å². The van der Waals surface area contributed by atoms with Gasteiger partial charge >= 0.3 is 17.9 Å². The summed E-state index contributed by atoms with van der Waals surface area (Å²) < 4.78 is 16.6. The van der Waals surface area contributed by atoms with E-state index in [1.165, 1.54) is 32.1 Å². The molecule has 0 aliphatic carbocycles. The predicted octanol–water partition coefficient (Wildman–Crippen LogP) is 14.9. The van der Waals surface area contributed by atoms with Crippen molar-refractivity contribution in [1.82, 2.24) is 0 Å². The van der Waals surface area contributed by atoms with Gasteiger partial charge in [0, 0.05) is 19.3 Å². The lowest BCUT2D eigenvalue weighted by molar-refractivity contribution is -0.167. The maximum Gasteiger partial charge on any atom is 0.306 e. The Balaban J connectivity index is 4.24. The molecule has 0 rings (SSSR count). The molecule has 0 aromatic carbocycles. The molecule has 1 atom stereocenters. The average Bonchev–Trinajstić information content (AvgIpc) is 3.21. The van der Waals surface area contributed by atoms with Crippen molar-refractivity contribution in [3.8, 4) is 0 Å². The molecule has 0 amide bonds. The van der Waals surface area contributed by atoms with Gasteiger partial charge in [-0.2, -0.15) is 0 Å². The zero-order chi connectivity index (χ0) is 41.5. The summed E-state index contributed by atoms with van der Waals surface area (Å²) in [6, 6.07) is 0. The summed E-state index contributed by atoms with van der Waals surface area (Å²) in [5.41, 5.74) is 0. The van der Waals surface area contributed by atoms with Gasteiger partial charge in [0.15, 0.2) is 6.10 Å². The molecule has 0 saturated carbocycles. The van der Waals surface area contributed by atoms with Crippen LogP contribution in [0.5, 0.6) is 0 Å². The van der Waals surface area contributed by atoms with Gasteiger partial charge < -0.3 is 14.2 Å². The highest BCUT2D eigenvalue weighted by Gasteiger charge is 2.19. The fourth-order valence-electron chi connectivity index (χ4n) is 5.89. The van der Waals surface area contributed by atoms with Crippen molar-refractivity contribution in [2.75, 3.05) is 13.2 Å². The van der Waals surface area contributed by atoms with Crippen LogP contribution in [0.2, 0.25) is 0 Å². The third kappa shape index (κ3) is 43.6. The fraction of sp³-hybridized carbons (Fsp3) is 0.667. The highest BCUT2D eigenvalue weighted by molar-refractivity contribution is 5.71. The van der Waals surface area contributed by atoms with Crippen LogP contribution in [0.1, 0.15) is 201 Å². The summed E-state index contributed by atoms with van der Waals surface area (Å²) in [4.78, 5) is 37.5. The molecule has 0 heterocycles. The number of rotatable bonds is 40. The maximum absolute atomic E-state index is 12.6. The number of esters is 3. The third-order valence-corrected chi connectivity index (χ3v) is 9.38. The minimum atomic E-state index is -0.786. The van der Waals surface area contributed by atoms with Crippen LogP contribution in [-0.4, -0.2) is 37.2 Å². The zero-order valence-corrected chi connectivity index (χ0v) is 36.8. The second-order valence-electron chi connectivity index (χ2n) is 14.9. The Labute approximate surface area is 350 Å². The molecule has 57 heavy (non-hydrogen) atoms. The van der Waals surface area contributed by atoms with Gasteiger partial charge in [-0.25, -0.2) is 0 Å². The van der Waals surface area contributed by atoms with Crippen LogP contribution in [0, 0.1) is 0 Å². The maximum atomic E-state index is 12.6. The van der Waals surface area contributed by atoms with E-state index in [4.69, 9.17) is 14.2 Å². The highest BCUT2D eigenvalue weighted by Crippen LogP contribution is 2.12. The molecule has 0 aromatic heterocycles. The van der Waals surface area contributed by atoms with Crippen molar-refractivity contribution in [1.29, 1.82) is 0 Å². The summed E-state index contributed by atoms with van der Waals surface area (Å²) >= 11 is 0. The topological polar surface area (TPSA) is 78.9 Å². The number of carbonyl (C=O) groups is 3. The van der Waals surface area contributed by atoms with Gasteiger partial charge in [-0.1, -0.05) is 176 Å². The molecule has 0 aliphatic heterocycles.